The molecule has 0 bridgehead atoms. The topological polar surface area (TPSA) is 116 Å². The van der Waals surface area contributed by atoms with Crippen LogP contribution in [0.2, 0.25) is 0 Å². The van der Waals surface area contributed by atoms with Crippen LogP contribution >= 0.6 is 0 Å². The molecule has 130 valence electrons. The maximum absolute atomic E-state index is 13.3. The van der Waals surface area contributed by atoms with Crippen LogP contribution in [-0.4, -0.2) is 40.8 Å². The van der Waals surface area contributed by atoms with Gasteiger partial charge in [-0.25, -0.2) is 9.18 Å². The van der Waals surface area contributed by atoms with Gasteiger partial charge in [0.1, 0.15) is 11.6 Å². The van der Waals surface area contributed by atoms with Gasteiger partial charge in [-0.1, -0.05) is 24.3 Å². The van der Waals surface area contributed by atoms with Gasteiger partial charge in [0.25, 0.3) is 5.91 Å². The van der Waals surface area contributed by atoms with Crippen LogP contribution in [0.15, 0.2) is 42.5 Å². The van der Waals surface area contributed by atoms with Crippen LogP contribution in [0.5, 0.6) is 5.75 Å². The number of hydrogen-bond acceptors (Lipinski definition) is 5. The molecule has 0 aliphatic carbocycles. The number of hydrogen-bond donors (Lipinski definition) is 4. The highest BCUT2D eigenvalue weighted by atomic mass is 19.1. The molecule has 1 amide bonds. The second-order valence-corrected chi connectivity index (χ2v) is 5.12. The average Bonchev–Trinajstić information content (AvgIpc) is 2.58. The summed E-state index contributed by atoms with van der Waals surface area (Å²) in [5.41, 5.74) is 0.883. The van der Waals surface area contributed by atoms with Crippen molar-refractivity contribution >= 4 is 24.5 Å². The molecule has 0 atom stereocenters. The summed E-state index contributed by atoms with van der Waals surface area (Å²) in [5.74, 6) is -2.69. The Balaban J connectivity index is 2.10. The second-order valence-electron chi connectivity index (χ2n) is 5.12. The van der Waals surface area contributed by atoms with Crippen molar-refractivity contribution in [1.82, 2.24) is 5.32 Å². The van der Waals surface area contributed by atoms with E-state index in [1.807, 2.05) is 0 Å². The number of aliphatic carboxylic acids is 1. The van der Waals surface area contributed by atoms with Gasteiger partial charge < -0.3 is 25.2 Å². The summed E-state index contributed by atoms with van der Waals surface area (Å²) in [5, 5.41) is 29.5. The fourth-order valence-electron chi connectivity index (χ4n) is 2.08. The first-order valence-corrected chi connectivity index (χ1v) is 7.24. The van der Waals surface area contributed by atoms with Crippen LogP contribution in [0.1, 0.15) is 15.9 Å². The molecular weight excluding hydrogens is 332 g/mol. The zero-order valence-corrected chi connectivity index (χ0v) is 13.0. The lowest BCUT2D eigenvalue weighted by Crippen LogP contribution is -2.31. The summed E-state index contributed by atoms with van der Waals surface area (Å²) in [6, 6.07) is 9.50. The quantitative estimate of drug-likeness (QED) is 0.520. The Morgan fingerprint density at radius 1 is 1.16 bits per heavy atom. The van der Waals surface area contributed by atoms with E-state index in [-0.39, 0.29) is 23.3 Å². The summed E-state index contributed by atoms with van der Waals surface area (Å²) in [6.07, 6.45) is 0. The van der Waals surface area contributed by atoms with Crippen molar-refractivity contribution in [3.8, 4) is 5.75 Å². The Kier molecular flexibility index (Phi) is 6.10. The van der Waals surface area contributed by atoms with Crippen molar-refractivity contribution < 1.29 is 33.9 Å². The average molecular weight is 347 g/mol. The zero-order valence-electron chi connectivity index (χ0n) is 13.0. The number of carboxylic acids is 1. The molecular formula is C16H15BFNO6. The first-order valence-electron chi connectivity index (χ1n) is 7.24. The normalized spacial score (nSPS) is 10.2. The fraction of sp³-hybridized carbons (Fsp3) is 0.125. The summed E-state index contributed by atoms with van der Waals surface area (Å²) in [6.45, 7) is -0.630. The third kappa shape index (κ3) is 5.30. The van der Waals surface area contributed by atoms with Crippen LogP contribution in [0, 0.1) is 5.82 Å². The number of carbonyl (C=O) groups excluding carboxylic acids is 1. The van der Waals surface area contributed by atoms with Crippen LogP contribution in [0.4, 0.5) is 4.39 Å². The number of halogens is 1. The van der Waals surface area contributed by atoms with Crippen molar-refractivity contribution in [2.75, 3.05) is 6.61 Å². The Bertz CT molecular complexity index is 783. The number of amides is 1. The molecule has 2 rings (SSSR count). The fourth-order valence-corrected chi connectivity index (χ4v) is 2.08. The summed E-state index contributed by atoms with van der Waals surface area (Å²) in [4.78, 5) is 22.8. The summed E-state index contributed by atoms with van der Waals surface area (Å²) in [7, 11) is -1.62. The minimum absolute atomic E-state index is 0.0130. The Morgan fingerprint density at radius 2 is 1.92 bits per heavy atom. The van der Waals surface area contributed by atoms with Gasteiger partial charge in [0.15, 0.2) is 6.61 Å². The van der Waals surface area contributed by atoms with Crippen molar-refractivity contribution in [1.29, 1.82) is 0 Å². The molecule has 0 radical (unpaired) electrons. The lowest BCUT2D eigenvalue weighted by molar-refractivity contribution is -0.139. The number of rotatable bonds is 7. The molecule has 2 aromatic rings. The van der Waals surface area contributed by atoms with E-state index in [9.17, 15) is 14.0 Å². The summed E-state index contributed by atoms with van der Waals surface area (Å²) >= 11 is 0. The number of carbonyl (C=O) groups is 2. The first kappa shape index (κ1) is 18.4. The number of ether oxygens (including phenoxy) is 1. The highest BCUT2D eigenvalue weighted by Gasteiger charge is 2.15. The van der Waals surface area contributed by atoms with Gasteiger partial charge in [-0.2, -0.15) is 0 Å². The third-order valence-corrected chi connectivity index (χ3v) is 3.24. The molecule has 2 aromatic carbocycles. The van der Waals surface area contributed by atoms with Crippen LogP contribution in [0.25, 0.3) is 0 Å². The molecule has 0 aliphatic heterocycles. The van der Waals surface area contributed by atoms with Crippen molar-refractivity contribution in [2.24, 2.45) is 0 Å². The molecule has 9 heteroatoms. The molecule has 7 nitrogen and oxygen atoms in total. The first-order chi connectivity index (χ1) is 11.9. The second kappa shape index (κ2) is 8.27. The van der Waals surface area contributed by atoms with Gasteiger partial charge in [0.05, 0.1) is 5.56 Å². The molecule has 0 heterocycles. The van der Waals surface area contributed by atoms with E-state index in [1.54, 1.807) is 12.1 Å². The Hall–Kier alpha value is -2.91. The maximum atomic E-state index is 13.3. The molecule has 0 saturated heterocycles. The number of nitrogens with one attached hydrogen (secondary N) is 1. The predicted octanol–water partition coefficient (Wildman–Crippen LogP) is -0.101. The van der Waals surface area contributed by atoms with Gasteiger partial charge in [-0.15, -0.1) is 0 Å². The number of carboxylic acid groups (broad SMARTS) is 1. The van der Waals surface area contributed by atoms with Crippen molar-refractivity contribution in [2.45, 2.75) is 6.54 Å². The zero-order chi connectivity index (χ0) is 18.4. The minimum atomic E-state index is -1.62. The highest BCUT2D eigenvalue weighted by molar-refractivity contribution is 6.58. The van der Waals surface area contributed by atoms with E-state index < -0.39 is 31.4 Å². The standard InChI is InChI=1S/C16H15BFNO6/c18-12-4-5-13(14(7-12)25-9-15(20)21)16(22)19-8-10-2-1-3-11(6-10)17(23)24/h1-7,23-24H,8-9H2,(H,19,22)(H,20,21). The smallest absolute Gasteiger partial charge is 0.481 e. The van der Waals surface area contributed by atoms with E-state index in [4.69, 9.17) is 19.9 Å². The molecule has 0 fully saturated rings. The van der Waals surface area contributed by atoms with E-state index in [0.29, 0.717) is 5.56 Å². The highest BCUT2D eigenvalue weighted by Crippen LogP contribution is 2.20. The van der Waals surface area contributed by atoms with Crippen LogP contribution < -0.4 is 15.5 Å². The van der Waals surface area contributed by atoms with Crippen LogP contribution in [-0.2, 0) is 11.3 Å². The van der Waals surface area contributed by atoms with Crippen molar-refractivity contribution in [3.05, 3.63) is 59.4 Å². The third-order valence-electron chi connectivity index (χ3n) is 3.24. The van der Waals surface area contributed by atoms with E-state index in [0.717, 1.165) is 12.1 Å². The molecule has 0 aliphatic rings. The van der Waals surface area contributed by atoms with Gasteiger partial charge in [0, 0.05) is 12.6 Å². The molecule has 25 heavy (non-hydrogen) atoms. The largest absolute Gasteiger partial charge is 0.488 e. The van der Waals surface area contributed by atoms with Gasteiger partial charge >= 0.3 is 13.1 Å². The lowest BCUT2D eigenvalue weighted by Gasteiger charge is -2.11. The van der Waals surface area contributed by atoms with Crippen molar-refractivity contribution in [3.63, 3.8) is 0 Å². The van der Waals surface area contributed by atoms with E-state index in [1.165, 1.54) is 18.2 Å². The molecule has 4 N–H and O–H groups in total. The monoisotopic (exact) mass is 347 g/mol. The van der Waals surface area contributed by atoms with Gasteiger partial charge in [-0.05, 0) is 23.2 Å². The molecule has 0 aromatic heterocycles. The lowest BCUT2D eigenvalue weighted by atomic mass is 9.79. The maximum Gasteiger partial charge on any atom is 0.488 e. The predicted molar refractivity (Wildman–Crippen MR) is 87.0 cm³/mol. The SMILES string of the molecule is O=C(O)COc1cc(F)ccc1C(=O)NCc1cccc(B(O)O)c1. The Labute approximate surface area is 142 Å². The van der Waals surface area contributed by atoms with Gasteiger partial charge in [-0.3, -0.25) is 4.79 Å². The molecule has 0 spiro atoms. The number of benzene rings is 2. The Morgan fingerprint density at radius 3 is 2.60 bits per heavy atom. The van der Waals surface area contributed by atoms with E-state index >= 15 is 0 Å². The van der Waals surface area contributed by atoms with Gasteiger partial charge in [0.2, 0.25) is 0 Å². The molecule has 0 unspecified atom stereocenters. The van der Waals surface area contributed by atoms with E-state index in [2.05, 4.69) is 5.32 Å². The molecule has 0 saturated carbocycles. The summed E-state index contributed by atoms with van der Waals surface area (Å²) < 4.78 is 18.2. The minimum Gasteiger partial charge on any atom is -0.481 e. The van der Waals surface area contributed by atoms with Crippen LogP contribution in [0.3, 0.4) is 0 Å².